The van der Waals surface area contributed by atoms with Gasteiger partial charge in [-0.1, -0.05) is 48.0 Å². The number of aliphatic hydroxyl groups is 1. The normalized spacial score (nSPS) is 41.5. The summed E-state index contributed by atoms with van der Waals surface area (Å²) in [4.78, 5) is 9.91. The molecule has 6 heteroatoms. The highest BCUT2D eigenvalue weighted by atomic mass is 31.2. The zero-order chi connectivity index (χ0) is 16.4. The molecule has 21 heavy (non-hydrogen) atoms. The third kappa shape index (κ3) is 4.77. The predicted octanol–water partition coefficient (Wildman–Crippen LogP) is 3.45. The second kappa shape index (κ2) is 7.56. The van der Waals surface area contributed by atoms with Crippen LogP contribution in [0.1, 0.15) is 48.0 Å². The quantitative estimate of drug-likeness (QED) is 0.733. The Balaban J connectivity index is 2.72. The summed E-state index contributed by atoms with van der Waals surface area (Å²) in [6.07, 6.45) is -0.126. The van der Waals surface area contributed by atoms with Gasteiger partial charge in [0.2, 0.25) is 0 Å². The molecule has 7 unspecified atom stereocenters. The molecule has 0 aromatic carbocycles. The lowest BCUT2D eigenvalue weighted by atomic mass is 9.67. The van der Waals surface area contributed by atoms with Crippen LogP contribution >= 0.6 is 7.82 Å². The molecule has 126 valence electrons. The SMILES string of the molecule is CC[C@H](C)COP(=O)(O)OC1C(C)C(C)C(C)C(O)C1C. The Labute approximate surface area is 128 Å². The predicted molar refractivity (Wildman–Crippen MR) is 82.8 cm³/mol. The first-order chi connectivity index (χ1) is 9.60. The zero-order valence-electron chi connectivity index (χ0n) is 14.0. The fraction of sp³-hybridized carbons (Fsp3) is 1.00. The van der Waals surface area contributed by atoms with E-state index >= 15 is 0 Å². The second-order valence-corrected chi connectivity index (χ2v) is 8.18. The van der Waals surface area contributed by atoms with Gasteiger partial charge in [0, 0.05) is 5.92 Å². The number of hydrogen-bond donors (Lipinski definition) is 2. The molecule has 1 aliphatic carbocycles. The summed E-state index contributed by atoms with van der Waals surface area (Å²) in [5, 5.41) is 10.3. The maximum absolute atomic E-state index is 12.1. The lowest BCUT2D eigenvalue weighted by molar-refractivity contribution is -0.0980. The van der Waals surface area contributed by atoms with E-state index in [0.717, 1.165) is 6.42 Å². The van der Waals surface area contributed by atoms with Gasteiger partial charge in [0.05, 0.1) is 18.8 Å². The van der Waals surface area contributed by atoms with E-state index in [4.69, 9.17) is 9.05 Å². The molecule has 0 radical (unpaired) electrons. The number of phosphoric ester groups is 1. The van der Waals surface area contributed by atoms with Crippen molar-refractivity contribution in [2.75, 3.05) is 6.61 Å². The summed E-state index contributed by atoms with van der Waals surface area (Å²) >= 11 is 0. The molecule has 2 N–H and O–H groups in total. The average molecular weight is 322 g/mol. The highest BCUT2D eigenvalue weighted by molar-refractivity contribution is 7.47. The van der Waals surface area contributed by atoms with E-state index in [1.807, 2.05) is 41.5 Å². The van der Waals surface area contributed by atoms with Crippen LogP contribution in [0.3, 0.4) is 0 Å². The molecule has 0 aromatic rings. The van der Waals surface area contributed by atoms with Gasteiger partial charge in [0.15, 0.2) is 0 Å². The lowest BCUT2D eigenvalue weighted by Gasteiger charge is -2.45. The monoisotopic (exact) mass is 322 g/mol. The minimum absolute atomic E-state index is 0.0890. The third-order valence-corrected chi connectivity index (χ3v) is 6.23. The van der Waals surface area contributed by atoms with E-state index < -0.39 is 20.0 Å². The molecule has 0 heterocycles. The maximum atomic E-state index is 12.1. The van der Waals surface area contributed by atoms with Gasteiger partial charge in [-0.25, -0.2) is 4.57 Å². The van der Waals surface area contributed by atoms with E-state index in [1.54, 1.807) is 0 Å². The molecule has 1 saturated carbocycles. The van der Waals surface area contributed by atoms with Gasteiger partial charge in [-0.2, -0.15) is 0 Å². The van der Waals surface area contributed by atoms with Crippen LogP contribution < -0.4 is 0 Å². The van der Waals surface area contributed by atoms with Gasteiger partial charge in [0.25, 0.3) is 0 Å². The van der Waals surface area contributed by atoms with E-state index in [9.17, 15) is 14.6 Å². The molecule has 5 nitrogen and oxygen atoms in total. The molecule has 1 aliphatic rings. The Bertz CT molecular complexity index is 359. The number of aliphatic hydroxyl groups excluding tert-OH is 1. The van der Waals surface area contributed by atoms with Gasteiger partial charge < -0.3 is 10.00 Å². The van der Waals surface area contributed by atoms with E-state index in [-0.39, 0.29) is 36.2 Å². The topological polar surface area (TPSA) is 76.0 Å². The van der Waals surface area contributed by atoms with Crippen molar-refractivity contribution < 1.29 is 23.6 Å². The molecule has 0 bridgehead atoms. The van der Waals surface area contributed by atoms with Crippen LogP contribution in [0.15, 0.2) is 0 Å². The molecular formula is C15H31O5P. The summed E-state index contributed by atoms with van der Waals surface area (Å²) < 4.78 is 22.6. The smallest absolute Gasteiger partial charge is 0.392 e. The molecule has 0 aromatic heterocycles. The molecule has 0 amide bonds. The van der Waals surface area contributed by atoms with Crippen LogP contribution in [0, 0.1) is 29.6 Å². The Kier molecular flexibility index (Phi) is 6.88. The van der Waals surface area contributed by atoms with Crippen molar-refractivity contribution in [1.82, 2.24) is 0 Å². The molecule has 1 fully saturated rings. The Hall–Kier alpha value is 0.0700. The minimum Gasteiger partial charge on any atom is -0.392 e. The molecule has 0 aliphatic heterocycles. The van der Waals surface area contributed by atoms with Gasteiger partial charge >= 0.3 is 7.82 Å². The number of hydrogen-bond acceptors (Lipinski definition) is 4. The highest BCUT2D eigenvalue weighted by Gasteiger charge is 2.46. The summed E-state index contributed by atoms with van der Waals surface area (Å²) in [5.74, 6) is 0.467. The molecule has 1 rings (SSSR count). The molecule has 8 atom stereocenters. The Morgan fingerprint density at radius 2 is 1.67 bits per heavy atom. The second-order valence-electron chi connectivity index (χ2n) is 6.77. The summed E-state index contributed by atoms with van der Waals surface area (Å²) in [6, 6.07) is 0. The number of rotatable bonds is 6. The molecular weight excluding hydrogens is 291 g/mol. The van der Waals surface area contributed by atoms with Crippen LogP contribution in [0.4, 0.5) is 0 Å². The van der Waals surface area contributed by atoms with Crippen molar-refractivity contribution in [3.05, 3.63) is 0 Å². The van der Waals surface area contributed by atoms with E-state index in [1.165, 1.54) is 0 Å². The minimum atomic E-state index is -4.09. The first-order valence-corrected chi connectivity index (χ1v) is 9.44. The standard InChI is InChI=1S/C15H31O5P/c1-7-9(2)8-19-21(17,18)20-15-12(5)10(3)11(4)14(16)13(15)6/h9-16H,7-8H2,1-6H3,(H,17,18)/t9-,10?,11?,12?,13?,14?,15?/m0/s1. The average Bonchev–Trinajstić information content (AvgIpc) is 2.45. The van der Waals surface area contributed by atoms with Crippen molar-refractivity contribution in [2.24, 2.45) is 29.6 Å². The van der Waals surface area contributed by atoms with Crippen LogP contribution in [0.2, 0.25) is 0 Å². The van der Waals surface area contributed by atoms with Crippen molar-refractivity contribution in [2.45, 2.75) is 60.2 Å². The van der Waals surface area contributed by atoms with Crippen LogP contribution in [0.5, 0.6) is 0 Å². The van der Waals surface area contributed by atoms with Crippen LogP contribution in [-0.2, 0) is 13.6 Å². The Morgan fingerprint density at radius 1 is 1.10 bits per heavy atom. The van der Waals surface area contributed by atoms with E-state index in [0.29, 0.717) is 0 Å². The largest absolute Gasteiger partial charge is 0.472 e. The summed E-state index contributed by atoms with van der Waals surface area (Å²) in [5.41, 5.74) is 0. The van der Waals surface area contributed by atoms with Gasteiger partial charge in [-0.15, -0.1) is 0 Å². The zero-order valence-corrected chi connectivity index (χ0v) is 14.9. The summed E-state index contributed by atoms with van der Waals surface area (Å²) in [7, 11) is -4.09. The first kappa shape index (κ1) is 19.1. The third-order valence-electron chi connectivity index (χ3n) is 5.25. The van der Waals surface area contributed by atoms with Gasteiger partial charge in [0.1, 0.15) is 0 Å². The van der Waals surface area contributed by atoms with Crippen LogP contribution in [0.25, 0.3) is 0 Å². The Morgan fingerprint density at radius 3 is 2.19 bits per heavy atom. The maximum Gasteiger partial charge on any atom is 0.472 e. The number of phosphoric acid groups is 1. The molecule has 0 saturated heterocycles. The summed E-state index contributed by atoms with van der Waals surface area (Å²) in [6.45, 7) is 12.1. The highest BCUT2D eigenvalue weighted by Crippen LogP contribution is 2.51. The fourth-order valence-electron chi connectivity index (χ4n) is 2.96. The van der Waals surface area contributed by atoms with Crippen molar-refractivity contribution in [3.8, 4) is 0 Å². The first-order valence-electron chi connectivity index (χ1n) is 7.94. The van der Waals surface area contributed by atoms with Gasteiger partial charge in [-0.3, -0.25) is 9.05 Å². The fourth-order valence-corrected chi connectivity index (χ4v) is 4.15. The lowest BCUT2D eigenvalue weighted by Crippen LogP contribution is -2.49. The van der Waals surface area contributed by atoms with Crippen molar-refractivity contribution >= 4 is 7.82 Å². The van der Waals surface area contributed by atoms with Crippen molar-refractivity contribution in [3.63, 3.8) is 0 Å². The van der Waals surface area contributed by atoms with Crippen molar-refractivity contribution in [1.29, 1.82) is 0 Å². The van der Waals surface area contributed by atoms with Crippen LogP contribution in [-0.4, -0.2) is 28.8 Å². The van der Waals surface area contributed by atoms with Gasteiger partial charge in [-0.05, 0) is 23.7 Å². The molecule has 0 spiro atoms. The van der Waals surface area contributed by atoms with E-state index in [2.05, 4.69) is 0 Å².